The number of hydrogen-bond acceptors (Lipinski definition) is 8. The number of aromatic nitrogens is 4. The van der Waals surface area contributed by atoms with E-state index in [1.165, 1.54) is 11.3 Å². The van der Waals surface area contributed by atoms with Crippen LogP contribution in [0.3, 0.4) is 0 Å². The number of aliphatic carboxylic acids is 1. The van der Waals surface area contributed by atoms with E-state index in [0.29, 0.717) is 11.4 Å². The van der Waals surface area contributed by atoms with Crippen molar-refractivity contribution in [2.24, 2.45) is 5.92 Å². The SMILES string of the molecule is O=C(NCc1cn(-c2ccc(Br)cc2)nn1)[C@@H](CC(=O)[C@H]1O[C@@H]1C(=O)O)Cc1cscn1. The number of amides is 1. The number of carboxylic acid groups (broad SMARTS) is 1. The number of Topliss-reactive ketones (excluding diaryl/α,β-unsaturated/α-hetero) is 1. The third-order valence-electron chi connectivity index (χ3n) is 4.89. The molecule has 2 aromatic heterocycles. The van der Waals surface area contributed by atoms with Gasteiger partial charge in [0, 0.05) is 22.7 Å². The number of nitrogens with one attached hydrogen (secondary N) is 1. The number of carboxylic acids is 1. The molecule has 0 spiro atoms. The summed E-state index contributed by atoms with van der Waals surface area (Å²) in [6.45, 7) is 0.134. The molecule has 2 N–H and O–H groups in total. The highest BCUT2D eigenvalue weighted by Crippen LogP contribution is 2.27. The van der Waals surface area contributed by atoms with Crippen LogP contribution in [-0.2, 0) is 32.1 Å². The molecule has 0 radical (unpaired) electrons. The van der Waals surface area contributed by atoms with Crippen molar-refractivity contribution >= 4 is 44.9 Å². The summed E-state index contributed by atoms with van der Waals surface area (Å²) < 4.78 is 7.46. The maximum Gasteiger partial charge on any atom is 0.336 e. The van der Waals surface area contributed by atoms with Crippen LogP contribution in [0.4, 0.5) is 0 Å². The molecule has 3 heterocycles. The number of benzene rings is 1. The van der Waals surface area contributed by atoms with Crippen molar-refractivity contribution in [3.8, 4) is 5.69 Å². The highest BCUT2D eigenvalue weighted by Gasteiger charge is 2.50. The smallest absolute Gasteiger partial charge is 0.336 e. The average molecular weight is 520 g/mol. The van der Waals surface area contributed by atoms with Gasteiger partial charge in [-0.2, -0.15) is 0 Å². The molecule has 166 valence electrons. The van der Waals surface area contributed by atoms with Crippen LogP contribution in [0, 0.1) is 5.92 Å². The molecule has 0 aliphatic carbocycles. The lowest BCUT2D eigenvalue weighted by Crippen LogP contribution is -2.34. The first-order valence-corrected chi connectivity index (χ1v) is 11.4. The summed E-state index contributed by atoms with van der Waals surface area (Å²) in [6, 6.07) is 7.52. The third kappa shape index (κ3) is 5.44. The van der Waals surface area contributed by atoms with Crippen molar-refractivity contribution in [2.75, 3.05) is 0 Å². The zero-order chi connectivity index (χ0) is 22.7. The van der Waals surface area contributed by atoms with Gasteiger partial charge in [-0.15, -0.1) is 16.4 Å². The molecular formula is C20H18BrN5O5S. The van der Waals surface area contributed by atoms with Crippen LogP contribution in [0.25, 0.3) is 5.69 Å². The molecule has 1 aliphatic heterocycles. The van der Waals surface area contributed by atoms with E-state index in [9.17, 15) is 14.4 Å². The van der Waals surface area contributed by atoms with Gasteiger partial charge in [0.2, 0.25) is 5.91 Å². The number of epoxide rings is 1. The first kappa shape index (κ1) is 22.2. The van der Waals surface area contributed by atoms with Crippen molar-refractivity contribution in [2.45, 2.75) is 31.6 Å². The van der Waals surface area contributed by atoms with E-state index in [-0.39, 0.29) is 25.3 Å². The minimum Gasteiger partial charge on any atom is -0.479 e. The Morgan fingerprint density at radius 2 is 2.00 bits per heavy atom. The zero-order valence-electron chi connectivity index (χ0n) is 16.6. The Balaban J connectivity index is 1.38. The predicted octanol–water partition coefficient (Wildman–Crippen LogP) is 1.77. The molecule has 0 saturated carbocycles. The Labute approximate surface area is 194 Å². The number of ketones is 1. The largest absolute Gasteiger partial charge is 0.479 e. The standard InChI is InChI=1S/C20H18BrN5O5S/c21-12-1-3-15(4-2-12)26-8-14(24-25-26)7-22-19(28)11(5-13-9-32-10-23-13)6-16(27)17-18(31-17)20(29)30/h1-4,8-11,17-18H,5-7H2,(H,22,28)(H,29,30)/t11-,17-,18+/m1/s1. The van der Waals surface area contributed by atoms with E-state index in [1.807, 2.05) is 29.6 Å². The molecule has 1 aromatic carbocycles. The van der Waals surface area contributed by atoms with Crippen LogP contribution in [0.5, 0.6) is 0 Å². The highest BCUT2D eigenvalue weighted by atomic mass is 79.9. The fourth-order valence-electron chi connectivity index (χ4n) is 3.17. The lowest BCUT2D eigenvalue weighted by molar-refractivity contribution is -0.138. The maximum atomic E-state index is 12.8. The number of carbonyl (C=O) groups excluding carboxylic acids is 2. The van der Waals surface area contributed by atoms with Crippen molar-refractivity contribution in [3.05, 3.63) is 57.2 Å². The highest BCUT2D eigenvalue weighted by molar-refractivity contribution is 9.10. The third-order valence-corrected chi connectivity index (χ3v) is 6.05. The fourth-order valence-corrected chi connectivity index (χ4v) is 4.01. The minimum atomic E-state index is -1.18. The normalized spacial score (nSPS) is 18.2. The number of hydrogen-bond donors (Lipinski definition) is 2. The quantitative estimate of drug-likeness (QED) is 0.386. The van der Waals surface area contributed by atoms with Crippen molar-refractivity contribution < 1.29 is 24.2 Å². The molecule has 1 amide bonds. The average Bonchev–Trinajstić information content (AvgIpc) is 3.17. The van der Waals surface area contributed by atoms with Gasteiger partial charge >= 0.3 is 5.97 Å². The Morgan fingerprint density at radius 3 is 2.66 bits per heavy atom. The fraction of sp³-hybridized carbons (Fsp3) is 0.300. The van der Waals surface area contributed by atoms with E-state index in [0.717, 1.165) is 10.2 Å². The van der Waals surface area contributed by atoms with Crippen molar-refractivity contribution in [1.82, 2.24) is 25.3 Å². The zero-order valence-corrected chi connectivity index (χ0v) is 19.0. The molecule has 32 heavy (non-hydrogen) atoms. The van der Waals surface area contributed by atoms with Crippen molar-refractivity contribution in [3.63, 3.8) is 0 Å². The van der Waals surface area contributed by atoms with Gasteiger partial charge in [-0.05, 0) is 24.3 Å². The lowest BCUT2D eigenvalue weighted by atomic mass is 9.94. The first-order chi connectivity index (χ1) is 15.4. The van der Waals surface area contributed by atoms with Gasteiger partial charge in [0.05, 0.1) is 35.6 Å². The van der Waals surface area contributed by atoms with Gasteiger partial charge in [0.15, 0.2) is 18.0 Å². The topological polar surface area (TPSA) is 140 Å². The van der Waals surface area contributed by atoms with Crippen LogP contribution in [0.1, 0.15) is 17.8 Å². The Hall–Kier alpha value is -2.96. The molecule has 1 fully saturated rings. The van der Waals surface area contributed by atoms with E-state index in [4.69, 9.17) is 9.84 Å². The number of ether oxygens (including phenoxy) is 1. The van der Waals surface area contributed by atoms with Crippen LogP contribution in [0.15, 0.2) is 45.8 Å². The summed E-state index contributed by atoms with van der Waals surface area (Å²) in [5.41, 5.74) is 3.71. The number of carbonyl (C=O) groups is 3. The Kier molecular flexibility index (Phi) is 6.72. The van der Waals surface area contributed by atoms with Gasteiger partial charge in [-0.25, -0.2) is 14.5 Å². The summed E-state index contributed by atoms with van der Waals surface area (Å²) in [5, 5.41) is 21.7. The predicted molar refractivity (Wildman–Crippen MR) is 116 cm³/mol. The minimum absolute atomic E-state index is 0.134. The number of halogens is 1. The molecule has 12 heteroatoms. The van der Waals surface area contributed by atoms with E-state index in [2.05, 4.69) is 36.5 Å². The first-order valence-electron chi connectivity index (χ1n) is 9.63. The van der Waals surface area contributed by atoms with Gasteiger partial charge in [0.25, 0.3) is 0 Å². The van der Waals surface area contributed by atoms with Crippen LogP contribution >= 0.6 is 27.3 Å². The van der Waals surface area contributed by atoms with Gasteiger partial charge in [-0.3, -0.25) is 9.59 Å². The second-order valence-corrected chi connectivity index (χ2v) is 8.85. The van der Waals surface area contributed by atoms with Crippen LogP contribution in [0.2, 0.25) is 0 Å². The summed E-state index contributed by atoms with van der Waals surface area (Å²) >= 11 is 4.77. The van der Waals surface area contributed by atoms with E-state index >= 15 is 0 Å². The van der Waals surface area contributed by atoms with Gasteiger partial charge in [0.1, 0.15) is 5.69 Å². The van der Waals surface area contributed by atoms with Crippen LogP contribution in [-0.4, -0.2) is 55.0 Å². The van der Waals surface area contributed by atoms with Crippen molar-refractivity contribution in [1.29, 1.82) is 0 Å². The van der Waals surface area contributed by atoms with Crippen LogP contribution < -0.4 is 5.32 Å². The lowest BCUT2D eigenvalue weighted by Gasteiger charge is -2.14. The monoisotopic (exact) mass is 519 g/mol. The Morgan fingerprint density at radius 1 is 1.22 bits per heavy atom. The van der Waals surface area contributed by atoms with Gasteiger partial charge < -0.3 is 15.2 Å². The Bertz CT molecular complexity index is 1120. The molecule has 1 aliphatic rings. The molecule has 0 unspecified atom stereocenters. The summed E-state index contributed by atoms with van der Waals surface area (Å²) in [5.74, 6) is -2.64. The number of nitrogens with zero attached hydrogens (tertiary/aromatic N) is 4. The molecule has 1 saturated heterocycles. The number of rotatable bonds is 10. The summed E-state index contributed by atoms with van der Waals surface area (Å²) in [4.78, 5) is 40.4. The second kappa shape index (κ2) is 9.67. The molecule has 3 atom stereocenters. The number of thiazole rings is 1. The van der Waals surface area contributed by atoms with Gasteiger partial charge in [-0.1, -0.05) is 21.1 Å². The molecule has 0 bridgehead atoms. The molecule has 10 nitrogen and oxygen atoms in total. The molecule has 4 rings (SSSR count). The molecule has 3 aromatic rings. The summed E-state index contributed by atoms with van der Waals surface area (Å²) in [7, 11) is 0. The molecular weight excluding hydrogens is 502 g/mol. The maximum absolute atomic E-state index is 12.8. The summed E-state index contributed by atoms with van der Waals surface area (Å²) in [6.07, 6.45) is -0.289. The van der Waals surface area contributed by atoms with E-state index < -0.39 is 29.9 Å². The second-order valence-electron chi connectivity index (χ2n) is 7.22. The van der Waals surface area contributed by atoms with E-state index in [1.54, 1.807) is 16.4 Å².